The first-order chi connectivity index (χ1) is 7.24. The molecule has 0 radical (unpaired) electrons. The van der Waals surface area contributed by atoms with Crippen LogP contribution in [0.15, 0.2) is 18.3 Å². The van der Waals surface area contributed by atoms with Gasteiger partial charge in [-0.05, 0) is 18.4 Å². The third-order valence-corrected chi connectivity index (χ3v) is 2.37. The Balaban J connectivity index is 2.29. The molecular formula is C12H20N2O. The average molecular weight is 208 g/mol. The summed E-state index contributed by atoms with van der Waals surface area (Å²) in [4.78, 5) is 4.01. The lowest BCUT2D eigenvalue weighted by atomic mass is 10.1. The fourth-order valence-corrected chi connectivity index (χ4v) is 1.52. The number of ether oxygens (including phenoxy) is 1. The number of hydrogen-bond acceptors (Lipinski definition) is 3. The topological polar surface area (TPSA) is 48.1 Å². The number of nitrogens with zero attached hydrogens (tertiary/aromatic N) is 1. The molecule has 1 atom stereocenters. The van der Waals surface area contributed by atoms with Crippen LogP contribution in [0.5, 0.6) is 0 Å². The molecule has 0 aromatic carbocycles. The van der Waals surface area contributed by atoms with E-state index in [-0.39, 0.29) is 0 Å². The summed E-state index contributed by atoms with van der Waals surface area (Å²) >= 11 is 0. The smallest absolute Gasteiger partial charge is 0.128 e. The standard InChI is InChI=1S/C12H20N2O/c1-3-5-10(2)8-15-9-11-6-4-7-14-12(11)13/h4,6-7,10H,3,5,8-9H2,1-2H3,(H2,13,14). The van der Waals surface area contributed by atoms with Gasteiger partial charge >= 0.3 is 0 Å². The van der Waals surface area contributed by atoms with Crippen molar-refractivity contribution in [3.05, 3.63) is 23.9 Å². The lowest BCUT2D eigenvalue weighted by Gasteiger charge is -2.11. The largest absolute Gasteiger partial charge is 0.383 e. The van der Waals surface area contributed by atoms with Gasteiger partial charge in [-0.2, -0.15) is 0 Å². The highest BCUT2D eigenvalue weighted by atomic mass is 16.5. The average Bonchev–Trinajstić information content (AvgIpc) is 2.21. The van der Waals surface area contributed by atoms with Crippen LogP contribution in [-0.2, 0) is 11.3 Å². The summed E-state index contributed by atoms with van der Waals surface area (Å²) in [6, 6.07) is 3.83. The van der Waals surface area contributed by atoms with E-state index in [4.69, 9.17) is 10.5 Å². The molecule has 0 aliphatic heterocycles. The lowest BCUT2D eigenvalue weighted by molar-refractivity contribution is 0.0895. The van der Waals surface area contributed by atoms with Crippen LogP contribution in [0.2, 0.25) is 0 Å². The highest BCUT2D eigenvalue weighted by molar-refractivity contribution is 5.37. The molecule has 1 rings (SSSR count). The fourth-order valence-electron chi connectivity index (χ4n) is 1.52. The van der Waals surface area contributed by atoms with Crippen LogP contribution in [0, 0.1) is 5.92 Å². The van der Waals surface area contributed by atoms with Crippen molar-refractivity contribution >= 4 is 5.82 Å². The minimum Gasteiger partial charge on any atom is -0.383 e. The lowest BCUT2D eigenvalue weighted by Crippen LogP contribution is -2.07. The Kier molecular flexibility index (Phi) is 5.12. The van der Waals surface area contributed by atoms with Crippen LogP contribution in [0.25, 0.3) is 0 Å². The van der Waals surface area contributed by atoms with Crippen LogP contribution in [0.4, 0.5) is 5.82 Å². The maximum absolute atomic E-state index is 5.70. The van der Waals surface area contributed by atoms with E-state index in [0.29, 0.717) is 18.3 Å². The molecule has 2 N–H and O–H groups in total. The highest BCUT2D eigenvalue weighted by Gasteiger charge is 2.02. The molecule has 0 amide bonds. The molecule has 3 nitrogen and oxygen atoms in total. The number of anilines is 1. The van der Waals surface area contributed by atoms with Gasteiger partial charge in [0.1, 0.15) is 5.82 Å². The van der Waals surface area contributed by atoms with Crippen molar-refractivity contribution in [2.75, 3.05) is 12.3 Å². The normalized spacial score (nSPS) is 12.7. The first-order valence-electron chi connectivity index (χ1n) is 5.51. The molecule has 1 heterocycles. The van der Waals surface area contributed by atoms with Gasteiger partial charge in [-0.15, -0.1) is 0 Å². The number of nitrogen functional groups attached to an aromatic ring is 1. The summed E-state index contributed by atoms with van der Waals surface area (Å²) in [6.07, 6.45) is 4.11. The maximum Gasteiger partial charge on any atom is 0.128 e. The van der Waals surface area contributed by atoms with Gasteiger partial charge in [-0.1, -0.05) is 26.3 Å². The molecule has 0 fully saturated rings. The van der Waals surface area contributed by atoms with Gasteiger partial charge in [0.05, 0.1) is 6.61 Å². The summed E-state index contributed by atoms with van der Waals surface area (Å²) < 4.78 is 5.59. The molecular weight excluding hydrogens is 188 g/mol. The third kappa shape index (κ3) is 4.30. The number of hydrogen-bond donors (Lipinski definition) is 1. The summed E-state index contributed by atoms with van der Waals surface area (Å²) in [5, 5.41) is 0. The van der Waals surface area contributed by atoms with Crippen LogP contribution in [0.3, 0.4) is 0 Å². The van der Waals surface area contributed by atoms with Crippen molar-refractivity contribution in [2.45, 2.75) is 33.3 Å². The Morgan fingerprint density at radius 2 is 2.33 bits per heavy atom. The minimum atomic E-state index is 0.563. The van der Waals surface area contributed by atoms with Crippen LogP contribution >= 0.6 is 0 Å². The molecule has 3 heteroatoms. The zero-order valence-electron chi connectivity index (χ0n) is 9.57. The van der Waals surface area contributed by atoms with Gasteiger partial charge in [-0.3, -0.25) is 0 Å². The predicted octanol–water partition coefficient (Wildman–Crippen LogP) is 2.62. The van der Waals surface area contributed by atoms with E-state index >= 15 is 0 Å². The molecule has 0 aliphatic carbocycles. The van der Waals surface area contributed by atoms with Gasteiger partial charge in [0.2, 0.25) is 0 Å². The Labute approximate surface area is 91.7 Å². The number of rotatable bonds is 6. The Bertz CT molecular complexity index is 289. The van der Waals surface area contributed by atoms with Gasteiger partial charge in [0.15, 0.2) is 0 Å². The van der Waals surface area contributed by atoms with Gasteiger partial charge in [0.25, 0.3) is 0 Å². The van der Waals surface area contributed by atoms with E-state index in [9.17, 15) is 0 Å². The predicted molar refractivity (Wildman–Crippen MR) is 62.4 cm³/mol. The van der Waals surface area contributed by atoms with Crippen molar-refractivity contribution in [1.29, 1.82) is 0 Å². The Hall–Kier alpha value is -1.09. The van der Waals surface area contributed by atoms with Crippen molar-refractivity contribution in [3.63, 3.8) is 0 Å². The van der Waals surface area contributed by atoms with E-state index in [1.165, 1.54) is 12.8 Å². The van der Waals surface area contributed by atoms with Crippen molar-refractivity contribution < 1.29 is 4.74 Å². The van der Waals surface area contributed by atoms with Crippen LogP contribution in [-0.4, -0.2) is 11.6 Å². The number of nitrogens with two attached hydrogens (primary N) is 1. The number of pyridine rings is 1. The summed E-state index contributed by atoms with van der Waals surface area (Å²) in [5.74, 6) is 1.19. The highest BCUT2D eigenvalue weighted by Crippen LogP contribution is 2.10. The molecule has 0 spiro atoms. The van der Waals surface area contributed by atoms with Crippen molar-refractivity contribution in [1.82, 2.24) is 4.98 Å². The first kappa shape index (κ1) is 12.0. The third-order valence-electron chi connectivity index (χ3n) is 2.37. The van der Waals surface area contributed by atoms with Crippen molar-refractivity contribution in [3.8, 4) is 0 Å². The molecule has 15 heavy (non-hydrogen) atoms. The minimum absolute atomic E-state index is 0.563. The molecule has 0 saturated heterocycles. The Morgan fingerprint density at radius 1 is 1.53 bits per heavy atom. The SMILES string of the molecule is CCCC(C)COCc1cccnc1N. The van der Waals surface area contributed by atoms with Crippen molar-refractivity contribution in [2.24, 2.45) is 5.92 Å². The quantitative estimate of drug-likeness (QED) is 0.781. The molecule has 1 unspecified atom stereocenters. The zero-order chi connectivity index (χ0) is 11.1. The molecule has 0 aliphatic rings. The van der Waals surface area contributed by atoms with Gasteiger partial charge in [-0.25, -0.2) is 4.98 Å². The Morgan fingerprint density at radius 3 is 3.00 bits per heavy atom. The molecule has 0 saturated carbocycles. The zero-order valence-corrected chi connectivity index (χ0v) is 9.57. The molecule has 1 aromatic heterocycles. The van der Waals surface area contributed by atoms with Crippen LogP contribution < -0.4 is 5.73 Å². The van der Waals surface area contributed by atoms with Gasteiger partial charge in [0, 0.05) is 18.4 Å². The van der Waals surface area contributed by atoms with E-state index < -0.39 is 0 Å². The van der Waals surface area contributed by atoms with E-state index in [1.807, 2.05) is 12.1 Å². The first-order valence-corrected chi connectivity index (χ1v) is 5.51. The van der Waals surface area contributed by atoms with E-state index in [0.717, 1.165) is 12.2 Å². The summed E-state index contributed by atoms with van der Waals surface area (Å²) in [5.41, 5.74) is 6.68. The number of aromatic nitrogens is 1. The van der Waals surface area contributed by atoms with Crippen LogP contribution in [0.1, 0.15) is 32.3 Å². The van der Waals surface area contributed by atoms with Gasteiger partial charge < -0.3 is 10.5 Å². The monoisotopic (exact) mass is 208 g/mol. The maximum atomic E-state index is 5.70. The van der Waals surface area contributed by atoms with E-state index in [2.05, 4.69) is 18.8 Å². The summed E-state index contributed by atoms with van der Waals surface area (Å²) in [6.45, 7) is 5.75. The second-order valence-electron chi connectivity index (χ2n) is 3.96. The molecule has 84 valence electrons. The molecule has 1 aromatic rings. The summed E-state index contributed by atoms with van der Waals surface area (Å²) in [7, 11) is 0. The second kappa shape index (κ2) is 6.40. The van der Waals surface area contributed by atoms with E-state index in [1.54, 1.807) is 6.20 Å². The second-order valence-corrected chi connectivity index (χ2v) is 3.96. The fraction of sp³-hybridized carbons (Fsp3) is 0.583. The molecule has 0 bridgehead atoms.